The maximum Gasteiger partial charge on any atom is 0.0732 e. The van der Waals surface area contributed by atoms with Crippen LogP contribution < -0.4 is 4.90 Å². The van der Waals surface area contributed by atoms with E-state index in [9.17, 15) is 0 Å². The lowest BCUT2D eigenvalue weighted by Crippen LogP contribution is -2.30. The van der Waals surface area contributed by atoms with Crippen LogP contribution in [-0.2, 0) is 5.41 Å². The molecule has 1 unspecified atom stereocenters. The van der Waals surface area contributed by atoms with Crippen molar-refractivity contribution in [1.82, 2.24) is 0 Å². The number of rotatable bonds is 3. The van der Waals surface area contributed by atoms with Crippen LogP contribution in [0.25, 0.3) is 65.7 Å². The fourth-order valence-corrected chi connectivity index (χ4v) is 10.3. The monoisotopic (exact) mass is 709 g/mol. The van der Waals surface area contributed by atoms with Gasteiger partial charge in [-0.3, -0.25) is 0 Å². The second-order valence-corrected chi connectivity index (χ2v) is 15.1. The number of benzene rings is 10. The van der Waals surface area contributed by atoms with Crippen LogP contribution in [0.1, 0.15) is 22.3 Å². The second kappa shape index (κ2) is 11.9. The van der Waals surface area contributed by atoms with Gasteiger partial charge >= 0.3 is 0 Å². The highest BCUT2D eigenvalue weighted by Crippen LogP contribution is 2.64. The zero-order valence-electron chi connectivity index (χ0n) is 30.7. The molecule has 1 nitrogen and oxygen atoms in total. The van der Waals surface area contributed by atoms with Crippen molar-refractivity contribution in [2.45, 2.75) is 5.41 Å². The summed E-state index contributed by atoms with van der Waals surface area (Å²) in [5.41, 5.74) is 15.7. The van der Waals surface area contributed by atoms with Gasteiger partial charge in [0.15, 0.2) is 0 Å². The molecule has 12 rings (SSSR count). The topological polar surface area (TPSA) is 3.24 Å². The van der Waals surface area contributed by atoms with E-state index in [-0.39, 0.29) is 0 Å². The highest BCUT2D eigenvalue weighted by molar-refractivity contribution is 6.20. The summed E-state index contributed by atoms with van der Waals surface area (Å²) < 4.78 is 0. The van der Waals surface area contributed by atoms with Crippen molar-refractivity contribution < 1.29 is 0 Å². The zero-order chi connectivity index (χ0) is 36.8. The standard InChI is InChI=1S/C55H35N/c1-2-19-37(20-3-1)56(52-32-16-18-36-17-4-5-21-39(36)52)38-33-34-45-41-23-7-6-22-40(41)44-26-12-14-30-49(44)55(51(45)35-38)50-31-15-13-29-48(50)53-46-27-10-8-24-42(46)43-25-9-11-28-47(43)54(53)55/h1-35H. The maximum atomic E-state index is 2.53. The summed E-state index contributed by atoms with van der Waals surface area (Å²) in [6, 6.07) is 79.1. The Hall–Kier alpha value is -7.22. The summed E-state index contributed by atoms with van der Waals surface area (Å²) >= 11 is 0. The Kier molecular flexibility index (Phi) is 6.62. The number of hydrogen-bond acceptors (Lipinski definition) is 1. The van der Waals surface area contributed by atoms with Crippen molar-refractivity contribution in [2.75, 3.05) is 4.90 Å². The molecule has 56 heavy (non-hydrogen) atoms. The van der Waals surface area contributed by atoms with Gasteiger partial charge in [0.2, 0.25) is 0 Å². The predicted octanol–water partition coefficient (Wildman–Crippen LogP) is 14.6. The van der Waals surface area contributed by atoms with Crippen molar-refractivity contribution >= 4 is 49.4 Å². The van der Waals surface area contributed by atoms with Gasteiger partial charge in [-0.05, 0) is 113 Å². The van der Waals surface area contributed by atoms with Gasteiger partial charge < -0.3 is 4.90 Å². The molecule has 0 bridgehead atoms. The summed E-state index contributed by atoms with van der Waals surface area (Å²) in [5.74, 6) is 0. The molecule has 1 atom stereocenters. The van der Waals surface area contributed by atoms with E-state index in [1.54, 1.807) is 0 Å². The van der Waals surface area contributed by atoms with E-state index in [0.717, 1.165) is 17.1 Å². The molecular formula is C55H35N. The molecule has 0 aromatic heterocycles. The summed E-state index contributed by atoms with van der Waals surface area (Å²) in [6.07, 6.45) is 0. The highest BCUT2D eigenvalue weighted by atomic mass is 15.1. The van der Waals surface area contributed by atoms with Gasteiger partial charge in [-0.1, -0.05) is 182 Å². The van der Waals surface area contributed by atoms with Gasteiger partial charge in [-0.25, -0.2) is 0 Å². The zero-order valence-corrected chi connectivity index (χ0v) is 30.7. The molecule has 10 aromatic carbocycles. The van der Waals surface area contributed by atoms with Crippen LogP contribution in [-0.4, -0.2) is 0 Å². The Bertz CT molecular complexity index is 3210. The number of anilines is 3. The van der Waals surface area contributed by atoms with Gasteiger partial charge in [0.25, 0.3) is 0 Å². The Balaban J connectivity index is 1.29. The molecule has 0 N–H and O–H groups in total. The van der Waals surface area contributed by atoms with Gasteiger partial charge in [0, 0.05) is 16.8 Å². The van der Waals surface area contributed by atoms with E-state index in [0.29, 0.717) is 0 Å². The molecule has 260 valence electrons. The van der Waals surface area contributed by atoms with Crippen molar-refractivity contribution in [2.24, 2.45) is 0 Å². The summed E-state index contributed by atoms with van der Waals surface area (Å²) in [5, 5.41) is 7.60. The molecule has 0 heterocycles. The normalized spacial score (nSPS) is 14.9. The molecular weight excluding hydrogens is 675 g/mol. The third-order valence-corrected chi connectivity index (χ3v) is 12.4. The molecule has 2 aliphatic rings. The molecule has 1 spiro atoms. The molecule has 1 heteroatoms. The largest absolute Gasteiger partial charge is 0.310 e. The minimum absolute atomic E-state index is 0.641. The number of hydrogen-bond donors (Lipinski definition) is 0. The molecule has 0 amide bonds. The van der Waals surface area contributed by atoms with Crippen LogP contribution in [0.2, 0.25) is 0 Å². The van der Waals surface area contributed by atoms with Gasteiger partial charge in [0.1, 0.15) is 0 Å². The average molecular weight is 710 g/mol. The smallest absolute Gasteiger partial charge is 0.0732 e. The first-order valence-corrected chi connectivity index (χ1v) is 19.5. The van der Waals surface area contributed by atoms with Crippen LogP contribution in [0.3, 0.4) is 0 Å². The Morgan fingerprint density at radius 3 is 1.57 bits per heavy atom. The molecule has 0 aliphatic heterocycles. The molecule has 2 aliphatic carbocycles. The molecule has 0 fully saturated rings. The number of nitrogens with zero attached hydrogens (tertiary/aromatic N) is 1. The third-order valence-electron chi connectivity index (χ3n) is 12.4. The summed E-state index contributed by atoms with van der Waals surface area (Å²) in [6.45, 7) is 0. The molecule has 0 saturated carbocycles. The fourth-order valence-electron chi connectivity index (χ4n) is 10.3. The fraction of sp³-hybridized carbons (Fsp3) is 0.0182. The maximum absolute atomic E-state index is 2.53. The van der Waals surface area contributed by atoms with Crippen LogP contribution in [0.15, 0.2) is 212 Å². The first-order valence-electron chi connectivity index (χ1n) is 19.5. The van der Waals surface area contributed by atoms with Crippen molar-refractivity contribution in [1.29, 1.82) is 0 Å². The number of fused-ring (bicyclic) bond motifs is 18. The Morgan fingerprint density at radius 2 is 0.821 bits per heavy atom. The van der Waals surface area contributed by atoms with E-state index >= 15 is 0 Å². The van der Waals surface area contributed by atoms with Crippen molar-refractivity contribution in [3.8, 4) is 33.4 Å². The van der Waals surface area contributed by atoms with Crippen LogP contribution in [0, 0.1) is 0 Å². The first kappa shape index (κ1) is 31.2. The summed E-state index contributed by atoms with van der Waals surface area (Å²) in [4.78, 5) is 2.46. The SMILES string of the molecule is c1ccc(N(c2ccc3c(c2)C2(c4ccccc4-c4ccccc4-3)c3ccccc3-c3c2c2ccccc2c2ccccc32)c2cccc3ccccc23)cc1. The number of para-hydroxylation sites is 1. The van der Waals surface area contributed by atoms with E-state index in [1.165, 1.54) is 88.0 Å². The van der Waals surface area contributed by atoms with Gasteiger partial charge in [-0.15, -0.1) is 0 Å². The minimum atomic E-state index is -0.641. The van der Waals surface area contributed by atoms with E-state index < -0.39 is 5.41 Å². The quantitative estimate of drug-likeness (QED) is 0.165. The molecule has 0 radical (unpaired) electrons. The lowest BCUT2D eigenvalue weighted by Gasteiger charge is -2.37. The minimum Gasteiger partial charge on any atom is -0.310 e. The van der Waals surface area contributed by atoms with Crippen LogP contribution >= 0.6 is 0 Å². The predicted molar refractivity (Wildman–Crippen MR) is 235 cm³/mol. The van der Waals surface area contributed by atoms with E-state index in [4.69, 9.17) is 0 Å². The lowest BCUT2D eigenvalue weighted by atomic mass is 9.64. The molecule has 0 saturated heterocycles. The Morgan fingerprint density at radius 1 is 0.304 bits per heavy atom. The van der Waals surface area contributed by atoms with E-state index in [1.807, 2.05) is 0 Å². The van der Waals surface area contributed by atoms with Crippen LogP contribution in [0.5, 0.6) is 0 Å². The average Bonchev–Trinajstić information content (AvgIpc) is 3.54. The van der Waals surface area contributed by atoms with Crippen molar-refractivity contribution in [3.05, 3.63) is 235 Å². The van der Waals surface area contributed by atoms with Gasteiger partial charge in [0.05, 0.1) is 11.1 Å². The third kappa shape index (κ3) is 4.15. The summed E-state index contributed by atoms with van der Waals surface area (Å²) in [7, 11) is 0. The van der Waals surface area contributed by atoms with Crippen LogP contribution in [0.4, 0.5) is 17.1 Å². The molecule has 10 aromatic rings. The Labute approximate surface area is 326 Å². The lowest BCUT2D eigenvalue weighted by molar-refractivity contribution is 0.783. The van der Waals surface area contributed by atoms with Gasteiger partial charge in [-0.2, -0.15) is 0 Å². The van der Waals surface area contributed by atoms with Crippen molar-refractivity contribution in [3.63, 3.8) is 0 Å². The second-order valence-electron chi connectivity index (χ2n) is 15.1. The van der Waals surface area contributed by atoms with E-state index in [2.05, 4.69) is 217 Å². The first-order chi connectivity index (χ1) is 27.8. The highest BCUT2D eigenvalue weighted by Gasteiger charge is 2.51.